The number of esters is 4. The van der Waals surface area contributed by atoms with E-state index in [-0.39, 0.29) is 72.0 Å². The van der Waals surface area contributed by atoms with Crippen LogP contribution in [0.2, 0.25) is 0 Å². The van der Waals surface area contributed by atoms with E-state index in [1.807, 2.05) is 64.1 Å². The summed E-state index contributed by atoms with van der Waals surface area (Å²) < 4.78 is 38.4. The molecule has 86 heavy (non-hydrogen) atoms. The molecule has 0 bridgehead atoms. The minimum atomic E-state index is -1.30. The number of hydrogen-bond acceptors (Lipinski definition) is 18. The average molecular weight is 1230 g/mol. The number of Topliss-reactive ketones (excluding diaryl/α,β-unsaturated/α-hetero) is 2. The largest absolute Gasteiger partial charge is 0.461 e. The summed E-state index contributed by atoms with van der Waals surface area (Å²) in [5, 5.41) is 24.5. The molecule has 0 unspecified atom stereocenters. The van der Waals surface area contributed by atoms with Crippen LogP contribution in [0.4, 0.5) is 0 Å². The number of epoxide rings is 2. The molecule has 0 spiro atoms. The lowest BCUT2D eigenvalue weighted by Crippen LogP contribution is -2.47. The van der Waals surface area contributed by atoms with Crippen molar-refractivity contribution >= 4 is 78.6 Å². The van der Waals surface area contributed by atoms with Crippen molar-refractivity contribution in [3.8, 4) is 0 Å². The number of hydrogen-bond donors (Lipinski definition) is 2. The van der Waals surface area contributed by atoms with E-state index in [2.05, 4.69) is 43.9 Å². The Balaban J connectivity index is 0.000000247. The van der Waals surface area contributed by atoms with E-state index < -0.39 is 77.2 Å². The van der Waals surface area contributed by atoms with Crippen molar-refractivity contribution in [3.05, 3.63) is 82.9 Å². The van der Waals surface area contributed by atoms with Gasteiger partial charge in [0, 0.05) is 26.2 Å². The van der Waals surface area contributed by atoms with Crippen LogP contribution in [-0.4, -0.2) is 103 Å². The number of aliphatic hydroxyl groups excluding tert-OH is 2. The summed E-state index contributed by atoms with van der Waals surface area (Å²) >= 11 is 3.22. The van der Waals surface area contributed by atoms with Gasteiger partial charge >= 0.3 is 23.9 Å². The first-order valence-corrected chi connectivity index (χ1v) is 32.7. The molecular formula is C68H94N2O14S2. The van der Waals surface area contributed by atoms with Gasteiger partial charge in [0.05, 0.1) is 102 Å². The molecule has 2 aromatic heterocycles. The molecule has 4 aliphatic heterocycles. The summed E-state index contributed by atoms with van der Waals surface area (Å²) in [6.45, 7) is 29.7. The van der Waals surface area contributed by atoms with Crippen molar-refractivity contribution in [2.24, 2.45) is 34.5 Å². The Kier molecular flexibility index (Phi) is 23.0. The second-order valence-corrected chi connectivity index (χ2v) is 28.8. The maximum absolute atomic E-state index is 14.2. The lowest BCUT2D eigenvalue weighted by Gasteiger charge is -2.37. The zero-order chi connectivity index (χ0) is 63.1. The molecule has 8 rings (SSSR count). The fourth-order valence-corrected chi connectivity index (χ4v) is 14.3. The smallest absolute Gasteiger partial charge is 0.309 e. The van der Waals surface area contributed by atoms with Gasteiger partial charge in [-0.1, -0.05) is 98.4 Å². The highest BCUT2D eigenvalue weighted by atomic mass is 32.1. The van der Waals surface area contributed by atoms with Crippen molar-refractivity contribution in [1.82, 2.24) is 9.97 Å². The van der Waals surface area contributed by atoms with Crippen molar-refractivity contribution in [2.75, 3.05) is 0 Å². The Hall–Kier alpha value is -5.24. The van der Waals surface area contributed by atoms with Crippen molar-refractivity contribution in [3.63, 3.8) is 0 Å². The Morgan fingerprint density at radius 3 is 1.49 bits per heavy atom. The van der Waals surface area contributed by atoms with Crippen LogP contribution in [-0.2, 0) is 57.2 Å². The van der Waals surface area contributed by atoms with Gasteiger partial charge in [0.25, 0.3) is 0 Å². The molecule has 0 radical (unpaired) electrons. The van der Waals surface area contributed by atoms with Crippen LogP contribution in [0.3, 0.4) is 0 Å². The van der Waals surface area contributed by atoms with E-state index in [4.69, 9.17) is 28.4 Å². The zero-order valence-electron chi connectivity index (χ0n) is 52.8. The first-order chi connectivity index (χ1) is 40.5. The lowest BCUT2D eigenvalue weighted by atomic mass is 9.71. The SMILES string of the molecule is C=CC[C@@H]1C(=O)C(C)(C)[C@H](O)CC(=O)O[C@@H](c2ccc3sc(C)nc3c2)C[C@H]2O[C@@]2(C)CCC[C@@H](C)[C@H]1OC(=O)CCCCC.C=CC[C@H]1C(=O)C(C)(C)[C@@H](O)CC(=O)O[C@H](c2ccc3sc(C)nc3c2)C[C@@H]2O[C@]2(C)CCC[C@H](C)[C@@H]1OC(C)=O. The van der Waals surface area contributed by atoms with Gasteiger partial charge in [-0.25, -0.2) is 9.97 Å². The molecule has 0 amide bonds. The minimum absolute atomic E-state index is 0.0999. The van der Waals surface area contributed by atoms with Gasteiger partial charge in [-0.05, 0) is 120 Å². The van der Waals surface area contributed by atoms with E-state index >= 15 is 0 Å². The third-order valence-electron chi connectivity index (χ3n) is 18.6. The number of cyclic esters (lactones) is 2. The number of carbonyl (C=O) groups is 6. The number of ketones is 2. The summed E-state index contributed by atoms with van der Waals surface area (Å²) in [5.41, 5.74) is 0.0198. The number of aliphatic hydroxyl groups is 2. The van der Waals surface area contributed by atoms with Crippen LogP contribution in [0.25, 0.3) is 20.4 Å². The number of benzene rings is 2. The minimum Gasteiger partial charge on any atom is -0.461 e. The molecule has 0 saturated carbocycles. The number of rotatable bonds is 12. The number of thiazole rings is 2. The third-order valence-corrected chi connectivity index (χ3v) is 20.5. The molecule has 0 aliphatic carbocycles. The number of aromatic nitrogens is 2. The molecule has 472 valence electrons. The van der Waals surface area contributed by atoms with Gasteiger partial charge in [0.15, 0.2) is 0 Å². The van der Waals surface area contributed by atoms with Crippen molar-refractivity contribution < 1.29 is 67.4 Å². The van der Waals surface area contributed by atoms with E-state index in [0.29, 0.717) is 25.7 Å². The Bertz CT molecular complexity index is 3070. The Morgan fingerprint density at radius 2 is 1.09 bits per heavy atom. The van der Waals surface area contributed by atoms with Crippen molar-refractivity contribution in [2.45, 2.75) is 246 Å². The monoisotopic (exact) mass is 1230 g/mol. The van der Waals surface area contributed by atoms with Gasteiger partial charge in [-0.15, -0.1) is 35.8 Å². The first-order valence-electron chi connectivity index (χ1n) is 31.1. The van der Waals surface area contributed by atoms with Gasteiger partial charge in [0.1, 0.15) is 36.0 Å². The van der Waals surface area contributed by atoms with Crippen LogP contribution in [0.15, 0.2) is 61.7 Å². The summed E-state index contributed by atoms with van der Waals surface area (Å²) in [6.07, 6.45) is 6.39. The standard InChI is InChI=1S/C36H51NO7S.C32H43NO7S/c1-8-10-11-15-31(39)43-33-22(3)14-12-18-36(7)30(44-36)20-27(24-16-17-28-26(19-24)37-23(4)45-28)42-32(40)21-29(38)35(5,6)34(41)25(33)13-9-2;1-8-10-22-29(38-20(4)34)18(2)11-9-14-32(7)27(40-32)16-24(21-12-13-25-23(15-21)33-19(3)41-25)39-28(36)17-26(35)31(5,6)30(22)37/h9,16-17,19,22,25,27,29-30,33,38H,2,8,10-15,18,20-21H2,1,3-7H3;8,12-13,15,18,22,24,26-27,29,35H,1,9-11,14,16-17H2,2-7H3/t22-,25+,27-,29-,30-,33-,36+;18-,22+,24-,26-,27-,29-,32+/m10/s1. The maximum Gasteiger partial charge on any atom is 0.309 e. The number of nitrogens with zero attached hydrogens (tertiary/aromatic N) is 2. The second-order valence-electron chi connectivity index (χ2n) is 26.3. The number of fused-ring (bicyclic) bond motifs is 4. The van der Waals surface area contributed by atoms with E-state index in [0.717, 1.165) is 99.4 Å². The molecule has 6 heterocycles. The fraction of sp³-hybridized carbons (Fsp3) is 0.647. The van der Waals surface area contributed by atoms with Crippen LogP contribution in [0, 0.1) is 48.3 Å². The summed E-state index contributed by atoms with van der Waals surface area (Å²) in [4.78, 5) is 89.1. The molecule has 4 aromatic rings. The predicted octanol–water partition coefficient (Wildman–Crippen LogP) is 13.6. The van der Waals surface area contributed by atoms with E-state index in [9.17, 15) is 39.0 Å². The normalized spacial score (nSPS) is 32.1. The van der Waals surface area contributed by atoms with Gasteiger partial charge < -0.3 is 38.6 Å². The van der Waals surface area contributed by atoms with Crippen LogP contribution >= 0.6 is 22.7 Å². The highest BCUT2D eigenvalue weighted by Crippen LogP contribution is 2.49. The fourth-order valence-electron chi connectivity index (χ4n) is 12.7. The number of aryl methyl sites for hydroxylation is 2. The third kappa shape index (κ3) is 16.9. The number of allylic oxidation sites excluding steroid dienone is 2. The van der Waals surface area contributed by atoms with Crippen LogP contribution in [0.5, 0.6) is 0 Å². The van der Waals surface area contributed by atoms with Gasteiger partial charge in [-0.2, -0.15) is 0 Å². The average Bonchev–Trinajstić information content (AvgIpc) is 2.57. The first kappa shape index (κ1) is 68.3. The second kappa shape index (κ2) is 28.9. The predicted molar refractivity (Wildman–Crippen MR) is 333 cm³/mol. The number of ether oxygens (including phenoxy) is 6. The van der Waals surface area contributed by atoms with Gasteiger partial charge in [0.2, 0.25) is 0 Å². The quantitative estimate of drug-likeness (QED) is 0.0441. The summed E-state index contributed by atoms with van der Waals surface area (Å²) in [5.74, 6) is -4.13. The molecule has 14 atom stereocenters. The number of unbranched alkanes of at least 4 members (excludes halogenated alkanes) is 2. The molecule has 18 heteroatoms. The van der Waals surface area contributed by atoms with E-state index in [1.54, 1.807) is 62.5 Å². The van der Waals surface area contributed by atoms with Crippen LogP contribution < -0.4 is 0 Å². The summed E-state index contributed by atoms with van der Waals surface area (Å²) in [7, 11) is 0. The highest BCUT2D eigenvalue weighted by molar-refractivity contribution is 7.18. The zero-order valence-corrected chi connectivity index (χ0v) is 54.4. The highest BCUT2D eigenvalue weighted by Gasteiger charge is 2.55. The lowest BCUT2D eigenvalue weighted by molar-refractivity contribution is -0.163. The molecular weight excluding hydrogens is 1130 g/mol. The topological polar surface area (TPSA) is 231 Å². The molecule has 2 aromatic carbocycles. The number of carbonyl (C=O) groups excluding carboxylic acids is 6. The molecule has 4 saturated heterocycles. The Labute approximate surface area is 516 Å². The maximum atomic E-state index is 14.2. The Morgan fingerprint density at radius 1 is 0.674 bits per heavy atom. The van der Waals surface area contributed by atoms with Gasteiger partial charge in [-0.3, -0.25) is 28.8 Å². The molecule has 4 aliphatic rings. The van der Waals surface area contributed by atoms with Crippen molar-refractivity contribution in [1.29, 1.82) is 0 Å². The molecule has 4 fully saturated rings. The molecule has 2 N–H and O–H groups in total. The van der Waals surface area contributed by atoms with Crippen LogP contribution in [0.1, 0.15) is 205 Å². The molecule has 16 nitrogen and oxygen atoms in total. The summed E-state index contributed by atoms with van der Waals surface area (Å²) in [6, 6.07) is 11.8. The van der Waals surface area contributed by atoms with E-state index in [1.165, 1.54) is 6.92 Å².